The van der Waals surface area contributed by atoms with Gasteiger partial charge in [0.15, 0.2) is 0 Å². The zero-order chi connectivity index (χ0) is 41.7. The number of urea groups is 1. The monoisotopic (exact) mass is 795 g/mol. The molecule has 17 heteroatoms. The van der Waals surface area contributed by atoms with Gasteiger partial charge in [-0.05, 0) is 87.8 Å². The molecule has 7 amide bonds. The van der Waals surface area contributed by atoms with E-state index in [1.54, 1.807) is 12.1 Å². The predicted octanol–water partition coefficient (Wildman–Crippen LogP) is 2.27. The van der Waals surface area contributed by atoms with Crippen molar-refractivity contribution in [2.45, 2.75) is 109 Å². The second-order valence-electron chi connectivity index (χ2n) is 15.2. The average Bonchev–Trinajstić information content (AvgIpc) is 3.82. The number of anilines is 1. The molecular weight excluding hydrogens is 744 g/mol. The number of aryl methyl sites for hydroxylation is 1. The van der Waals surface area contributed by atoms with Crippen molar-refractivity contribution >= 4 is 47.2 Å². The Bertz CT molecular complexity index is 1860. The molecule has 8 atom stereocenters. The molecule has 3 saturated heterocycles. The molecule has 3 heterocycles. The van der Waals surface area contributed by atoms with Crippen molar-refractivity contribution in [3.8, 4) is 0 Å². The first kappa shape index (κ1) is 42.5. The minimum Gasteiger partial charge on any atom is -0.458 e. The molecule has 3 aliphatic heterocycles. The molecule has 0 spiro atoms. The van der Waals surface area contributed by atoms with Gasteiger partial charge < -0.3 is 40.7 Å². The largest absolute Gasteiger partial charge is 0.458 e. The number of ether oxygens (including phenoxy) is 1. The molecule has 0 saturated carbocycles. The van der Waals surface area contributed by atoms with Crippen LogP contribution in [0.4, 0.5) is 19.3 Å². The van der Waals surface area contributed by atoms with Crippen LogP contribution in [0.5, 0.6) is 0 Å². The van der Waals surface area contributed by atoms with Crippen molar-refractivity contribution in [3.63, 3.8) is 0 Å². The molecular formula is C40H51F2N7O8. The van der Waals surface area contributed by atoms with Crippen LogP contribution in [-0.4, -0.2) is 119 Å². The number of carbonyl (C=O) groups excluding carboxylic acids is 7. The lowest BCUT2D eigenvalue weighted by Gasteiger charge is -2.36. The molecule has 2 aromatic rings. The van der Waals surface area contributed by atoms with Gasteiger partial charge in [0.25, 0.3) is 0 Å². The number of amides is 7. The minimum absolute atomic E-state index is 0.0183. The van der Waals surface area contributed by atoms with Gasteiger partial charge in [-0.2, -0.15) is 0 Å². The molecule has 0 aromatic heterocycles. The Morgan fingerprint density at radius 3 is 2.21 bits per heavy atom. The highest BCUT2D eigenvalue weighted by Gasteiger charge is 2.46. The molecule has 308 valence electrons. The third-order valence-electron chi connectivity index (χ3n) is 10.9. The van der Waals surface area contributed by atoms with Gasteiger partial charge in [0, 0.05) is 38.3 Å². The first-order valence-electron chi connectivity index (χ1n) is 19.3. The van der Waals surface area contributed by atoms with Crippen molar-refractivity contribution in [1.82, 2.24) is 30.7 Å². The molecule has 3 fully saturated rings. The lowest BCUT2D eigenvalue weighted by atomic mass is 10.0. The molecule has 3 aliphatic rings. The van der Waals surface area contributed by atoms with Crippen molar-refractivity contribution in [2.24, 2.45) is 5.92 Å². The Kier molecular flexibility index (Phi) is 13.5. The second kappa shape index (κ2) is 18.1. The van der Waals surface area contributed by atoms with E-state index in [9.17, 15) is 42.3 Å². The summed E-state index contributed by atoms with van der Waals surface area (Å²) in [5, 5.41) is 10.4. The smallest absolute Gasteiger partial charge is 0.329 e. The van der Waals surface area contributed by atoms with Gasteiger partial charge in [-0.15, -0.1) is 0 Å². The number of halogens is 2. The number of fused-ring (bicyclic) bond motifs is 2. The minimum atomic E-state index is -1.63. The van der Waals surface area contributed by atoms with E-state index in [1.807, 2.05) is 26.0 Å². The van der Waals surface area contributed by atoms with Gasteiger partial charge in [0.1, 0.15) is 54.0 Å². The SMILES string of the molecule is CCc1ccc(NC(=O)N[C@@H](Cc2cc(F)cc(F)c2)C(=O)N[C@@H]2C(=O)N3CCCC3C(=O)N(C)[C@@H](C)C(=O)N[C@@H](C)C(=O)N3C[C@@H](C)CC3C(=O)O[C@H]2C)cc1. The highest BCUT2D eigenvalue weighted by molar-refractivity contribution is 5.98. The fraction of sp³-hybridized carbons (Fsp3) is 0.525. The molecule has 2 unspecified atom stereocenters. The van der Waals surface area contributed by atoms with E-state index in [1.165, 1.54) is 42.5 Å². The summed E-state index contributed by atoms with van der Waals surface area (Å²) in [5.74, 6) is -6.25. The molecule has 2 aromatic carbocycles. The predicted molar refractivity (Wildman–Crippen MR) is 203 cm³/mol. The number of benzene rings is 2. The van der Waals surface area contributed by atoms with Crippen molar-refractivity contribution in [3.05, 3.63) is 65.2 Å². The molecule has 4 N–H and O–H groups in total. The summed E-state index contributed by atoms with van der Waals surface area (Å²) in [6, 6.07) is 1.43. The van der Waals surface area contributed by atoms with E-state index in [2.05, 4.69) is 21.3 Å². The van der Waals surface area contributed by atoms with Crippen LogP contribution in [0.15, 0.2) is 42.5 Å². The van der Waals surface area contributed by atoms with Gasteiger partial charge in [-0.1, -0.05) is 26.0 Å². The number of carbonyl (C=O) groups is 7. The number of likely N-dealkylation sites (N-methyl/N-ethyl adjacent to an activating group) is 1. The highest BCUT2D eigenvalue weighted by atomic mass is 19.1. The summed E-state index contributed by atoms with van der Waals surface area (Å²) in [4.78, 5) is 100. The Labute approximate surface area is 330 Å². The standard InChI is InChI=1S/C40H51F2N7O8/c1-7-25-10-12-29(13-11-25)44-40(56)45-30(18-26-16-27(41)19-28(42)17-26)35(51)46-33-24(5)57-39(55)32-15-21(2)20-49(32)36(52)22(3)43-34(50)23(4)47(6)37(53)31-9-8-14-48(31)38(33)54/h10-13,16-17,19,21-24,30-33H,7-9,14-15,18,20H2,1-6H3,(H,43,50)(H,46,51)(H2,44,45,56)/t21-,22-,23-,24-,30-,31?,32?,33-/m0/s1. The van der Waals surface area contributed by atoms with Gasteiger partial charge in [-0.25, -0.2) is 18.4 Å². The number of hydrogen-bond acceptors (Lipinski definition) is 8. The number of nitrogens with one attached hydrogen (secondary N) is 4. The van der Waals surface area contributed by atoms with Crippen LogP contribution in [0.3, 0.4) is 0 Å². The zero-order valence-electron chi connectivity index (χ0n) is 33.0. The van der Waals surface area contributed by atoms with E-state index in [-0.39, 0.29) is 37.4 Å². The summed E-state index contributed by atoms with van der Waals surface area (Å²) < 4.78 is 34.4. The van der Waals surface area contributed by atoms with Crippen LogP contribution in [0, 0.1) is 17.6 Å². The Hall–Kier alpha value is -5.61. The third-order valence-corrected chi connectivity index (χ3v) is 10.9. The summed E-state index contributed by atoms with van der Waals surface area (Å²) in [6.07, 6.45) is -0.156. The van der Waals surface area contributed by atoms with Crippen molar-refractivity contribution < 1.29 is 47.1 Å². The first-order chi connectivity index (χ1) is 27.0. The molecule has 0 bridgehead atoms. The zero-order valence-corrected chi connectivity index (χ0v) is 33.0. The van der Waals surface area contributed by atoms with E-state index in [0.29, 0.717) is 18.2 Å². The maximum atomic E-state index is 14.5. The van der Waals surface area contributed by atoms with E-state index in [0.717, 1.165) is 24.1 Å². The third kappa shape index (κ3) is 10.0. The highest BCUT2D eigenvalue weighted by Crippen LogP contribution is 2.27. The van der Waals surface area contributed by atoms with E-state index < -0.39 is 102 Å². The van der Waals surface area contributed by atoms with Gasteiger partial charge >= 0.3 is 12.0 Å². The topological polar surface area (TPSA) is 187 Å². The lowest BCUT2D eigenvalue weighted by Crippen LogP contribution is -2.62. The average molecular weight is 796 g/mol. The number of nitrogens with zero attached hydrogens (tertiary/aromatic N) is 3. The molecule has 0 aliphatic carbocycles. The van der Waals surface area contributed by atoms with Crippen LogP contribution in [-0.2, 0) is 46.3 Å². The lowest BCUT2D eigenvalue weighted by molar-refractivity contribution is -0.162. The first-order valence-corrected chi connectivity index (χ1v) is 19.3. The fourth-order valence-electron chi connectivity index (χ4n) is 7.51. The van der Waals surface area contributed by atoms with Crippen LogP contribution >= 0.6 is 0 Å². The Balaban J connectivity index is 1.49. The van der Waals surface area contributed by atoms with Gasteiger partial charge in [0.2, 0.25) is 29.5 Å². The number of rotatable bonds is 7. The van der Waals surface area contributed by atoms with Gasteiger partial charge in [-0.3, -0.25) is 24.0 Å². The molecule has 0 radical (unpaired) electrons. The van der Waals surface area contributed by atoms with Crippen LogP contribution < -0.4 is 21.3 Å². The van der Waals surface area contributed by atoms with Crippen LogP contribution in [0.1, 0.15) is 65.0 Å². The van der Waals surface area contributed by atoms with Crippen molar-refractivity contribution in [1.29, 1.82) is 0 Å². The summed E-state index contributed by atoms with van der Waals surface area (Å²) in [7, 11) is 1.42. The fourth-order valence-corrected chi connectivity index (χ4v) is 7.51. The maximum Gasteiger partial charge on any atom is 0.329 e. The number of hydrogen-bond donors (Lipinski definition) is 4. The molecule has 5 rings (SSSR count). The molecule has 57 heavy (non-hydrogen) atoms. The van der Waals surface area contributed by atoms with E-state index in [4.69, 9.17) is 4.74 Å². The van der Waals surface area contributed by atoms with Crippen LogP contribution in [0.2, 0.25) is 0 Å². The van der Waals surface area contributed by atoms with E-state index >= 15 is 0 Å². The normalized spacial score (nSPS) is 26.6. The van der Waals surface area contributed by atoms with Crippen LogP contribution in [0.25, 0.3) is 0 Å². The summed E-state index contributed by atoms with van der Waals surface area (Å²) >= 11 is 0. The maximum absolute atomic E-state index is 14.5. The number of cyclic esters (lactones) is 1. The summed E-state index contributed by atoms with van der Waals surface area (Å²) in [5.41, 5.74) is 1.44. The number of esters is 1. The van der Waals surface area contributed by atoms with Crippen molar-refractivity contribution in [2.75, 3.05) is 25.5 Å². The van der Waals surface area contributed by atoms with Gasteiger partial charge in [0.05, 0.1) is 0 Å². The molecule has 15 nitrogen and oxygen atoms in total. The summed E-state index contributed by atoms with van der Waals surface area (Å²) in [6.45, 7) is 8.47. The Morgan fingerprint density at radius 1 is 0.895 bits per heavy atom. The quantitative estimate of drug-likeness (QED) is 0.308. The Morgan fingerprint density at radius 2 is 1.56 bits per heavy atom. The second-order valence-corrected chi connectivity index (χ2v) is 15.2.